The van der Waals surface area contributed by atoms with Crippen LogP contribution in [-0.2, 0) is 0 Å². The second kappa shape index (κ2) is 8.61. The summed E-state index contributed by atoms with van der Waals surface area (Å²) in [4.78, 5) is 20.7. The van der Waals surface area contributed by atoms with Gasteiger partial charge in [-0.2, -0.15) is 0 Å². The fourth-order valence-corrected chi connectivity index (χ4v) is 3.03. The van der Waals surface area contributed by atoms with E-state index in [0.29, 0.717) is 18.1 Å². The molecule has 0 spiro atoms. The average molecular weight is 350 g/mol. The van der Waals surface area contributed by atoms with Gasteiger partial charge in [-0.15, -0.1) is 0 Å². The zero-order valence-electron chi connectivity index (χ0n) is 15.5. The molecule has 3 rings (SSSR count). The number of allylic oxidation sites excluding steroid dienone is 1. The number of amides is 1. The van der Waals surface area contributed by atoms with Crippen LogP contribution in [-0.4, -0.2) is 22.4 Å². The maximum absolute atomic E-state index is 12.2. The number of anilines is 2. The molecule has 1 heterocycles. The van der Waals surface area contributed by atoms with Gasteiger partial charge in [0, 0.05) is 24.6 Å². The molecule has 1 amide bonds. The van der Waals surface area contributed by atoms with Gasteiger partial charge in [0.25, 0.3) is 5.91 Å². The van der Waals surface area contributed by atoms with E-state index in [1.807, 2.05) is 6.07 Å². The fourth-order valence-electron chi connectivity index (χ4n) is 3.03. The van der Waals surface area contributed by atoms with Crippen LogP contribution >= 0.6 is 0 Å². The van der Waals surface area contributed by atoms with Crippen molar-refractivity contribution in [3.05, 3.63) is 58.9 Å². The quantitative estimate of drug-likeness (QED) is 0.755. The minimum Gasteiger partial charge on any atom is -0.352 e. The van der Waals surface area contributed by atoms with E-state index in [1.54, 1.807) is 12.4 Å². The summed E-state index contributed by atoms with van der Waals surface area (Å²) in [6.07, 6.45) is 11.3. The molecule has 5 nitrogen and oxygen atoms in total. The summed E-state index contributed by atoms with van der Waals surface area (Å²) < 4.78 is 0. The van der Waals surface area contributed by atoms with Crippen LogP contribution in [0.1, 0.15) is 53.6 Å². The zero-order valence-corrected chi connectivity index (χ0v) is 15.5. The lowest BCUT2D eigenvalue weighted by molar-refractivity contribution is 0.0953. The molecule has 0 atom stereocenters. The molecule has 0 saturated carbocycles. The van der Waals surface area contributed by atoms with Crippen LogP contribution < -0.4 is 10.6 Å². The first-order valence-corrected chi connectivity index (χ1v) is 9.24. The van der Waals surface area contributed by atoms with Crippen LogP contribution in [0.5, 0.6) is 0 Å². The molecule has 0 unspecified atom stereocenters. The fraction of sp³-hybridized carbons (Fsp3) is 0.381. The summed E-state index contributed by atoms with van der Waals surface area (Å²) in [7, 11) is 0. The third-order valence-corrected chi connectivity index (χ3v) is 4.79. The molecule has 1 aromatic carbocycles. The van der Waals surface area contributed by atoms with Gasteiger partial charge in [0.2, 0.25) is 5.95 Å². The largest absolute Gasteiger partial charge is 0.352 e. The number of hydrogen-bond acceptors (Lipinski definition) is 4. The molecule has 5 heteroatoms. The van der Waals surface area contributed by atoms with Crippen molar-refractivity contribution in [2.24, 2.45) is 0 Å². The normalized spacial score (nSPS) is 13.8. The number of benzene rings is 1. The van der Waals surface area contributed by atoms with Gasteiger partial charge in [0.15, 0.2) is 0 Å². The Morgan fingerprint density at radius 2 is 1.92 bits per heavy atom. The Balaban J connectivity index is 1.52. The van der Waals surface area contributed by atoms with Gasteiger partial charge in [-0.1, -0.05) is 17.7 Å². The number of nitrogens with one attached hydrogen (secondary N) is 2. The molecular weight excluding hydrogens is 324 g/mol. The molecule has 0 radical (unpaired) electrons. The molecule has 1 aromatic heterocycles. The Morgan fingerprint density at radius 3 is 2.62 bits per heavy atom. The standard InChI is InChI=1S/C21H26N4O/c1-15-8-9-19(12-16(15)2)25-21-23-13-18(14-24-21)20(26)22-11-10-17-6-4-3-5-7-17/h6,8-9,12-14H,3-5,7,10-11H2,1-2H3,(H,22,26)(H,23,24,25). The lowest BCUT2D eigenvalue weighted by Crippen LogP contribution is -2.25. The first-order chi connectivity index (χ1) is 12.6. The van der Waals surface area contributed by atoms with Crippen molar-refractivity contribution in [3.8, 4) is 0 Å². The lowest BCUT2D eigenvalue weighted by Gasteiger charge is -2.13. The summed E-state index contributed by atoms with van der Waals surface area (Å²) in [5.74, 6) is 0.358. The van der Waals surface area contributed by atoms with Gasteiger partial charge in [0.05, 0.1) is 5.56 Å². The number of rotatable bonds is 6. The minimum atomic E-state index is -0.126. The monoisotopic (exact) mass is 350 g/mol. The highest BCUT2D eigenvalue weighted by molar-refractivity contribution is 5.93. The molecule has 0 saturated heterocycles. The van der Waals surface area contributed by atoms with Crippen molar-refractivity contribution in [2.75, 3.05) is 11.9 Å². The van der Waals surface area contributed by atoms with E-state index in [9.17, 15) is 4.79 Å². The number of aromatic nitrogens is 2. The lowest BCUT2D eigenvalue weighted by atomic mass is 9.97. The highest BCUT2D eigenvalue weighted by Crippen LogP contribution is 2.19. The van der Waals surface area contributed by atoms with Gasteiger partial charge in [-0.05, 0) is 69.2 Å². The first kappa shape index (κ1) is 18.1. The highest BCUT2D eigenvalue weighted by atomic mass is 16.1. The Morgan fingerprint density at radius 1 is 1.12 bits per heavy atom. The predicted octanol–water partition coefficient (Wildman–Crippen LogP) is 4.46. The maximum Gasteiger partial charge on any atom is 0.254 e. The Kier molecular flexibility index (Phi) is 6.00. The van der Waals surface area contributed by atoms with Crippen LogP contribution in [0, 0.1) is 13.8 Å². The summed E-state index contributed by atoms with van der Waals surface area (Å²) in [5.41, 5.74) is 5.33. The zero-order chi connectivity index (χ0) is 18.4. The predicted molar refractivity (Wildman–Crippen MR) is 105 cm³/mol. The van der Waals surface area contributed by atoms with E-state index >= 15 is 0 Å². The van der Waals surface area contributed by atoms with Crippen LogP contribution in [0.2, 0.25) is 0 Å². The smallest absolute Gasteiger partial charge is 0.254 e. The molecule has 26 heavy (non-hydrogen) atoms. The number of nitrogens with zero attached hydrogens (tertiary/aromatic N) is 2. The Bertz CT molecular complexity index is 796. The third-order valence-electron chi connectivity index (χ3n) is 4.79. The van der Waals surface area contributed by atoms with Crippen LogP contribution in [0.25, 0.3) is 0 Å². The SMILES string of the molecule is Cc1ccc(Nc2ncc(C(=O)NCCC3=CCCCC3)cn2)cc1C. The first-order valence-electron chi connectivity index (χ1n) is 9.24. The van der Waals surface area contributed by atoms with E-state index in [0.717, 1.165) is 18.5 Å². The van der Waals surface area contributed by atoms with Crippen molar-refractivity contribution in [1.82, 2.24) is 15.3 Å². The molecular formula is C21H26N4O. The van der Waals surface area contributed by atoms with Crippen LogP contribution in [0.3, 0.4) is 0 Å². The number of hydrogen-bond donors (Lipinski definition) is 2. The van der Waals surface area contributed by atoms with E-state index in [4.69, 9.17) is 0 Å². The molecule has 0 fully saturated rings. The summed E-state index contributed by atoms with van der Waals surface area (Å²) >= 11 is 0. The van der Waals surface area contributed by atoms with E-state index in [-0.39, 0.29) is 5.91 Å². The van der Waals surface area contributed by atoms with E-state index < -0.39 is 0 Å². The average Bonchev–Trinajstić information content (AvgIpc) is 2.66. The minimum absolute atomic E-state index is 0.126. The van der Waals surface area contributed by atoms with Gasteiger partial charge in [-0.25, -0.2) is 9.97 Å². The summed E-state index contributed by atoms with van der Waals surface area (Å²) in [5, 5.41) is 6.11. The van der Waals surface area contributed by atoms with Gasteiger partial charge < -0.3 is 10.6 Å². The van der Waals surface area contributed by atoms with E-state index in [1.165, 1.54) is 36.0 Å². The molecule has 2 aromatic rings. The molecule has 136 valence electrons. The van der Waals surface area contributed by atoms with E-state index in [2.05, 4.69) is 52.7 Å². The molecule has 0 bridgehead atoms. The highest BCUT2D eigenvalue weighted by Gasteiger charge is 2.09. The van der Waals surface area contributed by atoms with Crippen LogP contribution in [0.15, 0.2) is 42.2 Å². The number of carbonyl (C=O) groups is 1. The molecule has 0 aliphatic heterocycles. The topological polar surface area (TPSA) is 66.9 Å². The van der Waals surface area contributed by atoms with Crippen molar-refractivity contribution in [2.45, 2.75) is 46.0 Å². The Labute approximate surface area is 155 Å². The van der Waals surface area contributed by atoms with Crippen molar-refractivity contribution < 1.29 is 4.79 Å². The maximum atomic E-state index is 12.2. The number of aryl methyl sites for hydroxylation is 2. The molecule has 1 aliphatic carbocycles. The van der Waals surface area contributed by atoms with Gasteiger partial charge >= 0.3 is 0 Å². The van der Waals surface area contributed by atoms with Crippen molar-refractivity contribution in [1.29, 1.82) is 0 Å². The second-order valence-electron chi connectivity index (χ2n) is 6.83. The molecule has 2 N–H and O–H groups in total. The molecule has 1 aliphatic rings. The second-order valence-corrected chi connectivity index (χ2v) is 6.83. The van der Waals surface area contributed by atoms with Gasteiger partial charge in [0.1, 0.15) is 0 Å². The summed E-state index contributed by atoms with van der Waals surface area (Å²) in [6.45, 7) is 4.80. The summed E-state index contributed by atoms with van der Waals surface area (Å²) in [6, 6.07) is 6.10. The third kappa shape index (κ3) is 4.91. The van der Waals surface area contributed by atoms with Crippen molar-refractivity contribution in [3.63, 3.8) is 0 Å². The van der Waals surface area contributed by atoms with Gasteiger partial charge in [-0.3, -0.25) is 4.79 Å². The van der Waals surface area contributed by atoms with Crippen LogP contribution in [0.4, 0.5) is 11.6 Å². The number of carbonyl (C=O) groups excluding carboxylic acids is 1. The van der Waals surface area contributed by atoms with Crippen molar-refractivity contribution >= 4 is 17.5 Å². The Hall–Kier alpha value is -2.69.